The number of hydrogen-bond donors (Lipinski definition) is 6. The second-order valence-corrected chi connectivity index (χ2v) is 12.4. The van der Waals surface area contributed by atoms with Gasteiger partial charge < -0.3 is 20.5 Å². The molecule has 1 heterocycles. The number of rotatable bonds is 11. The van der Waals surface area contributed by atoms with E-state index in [0.717, 1.165) is 12.1 Å². The van der Waals surface area contributed by atoms with Crippen LogP contribution in [0.15, 0.2) is 46.2 Å². The molecule has 0 bridgehead atoms. The number of sulfonamides is 2. The SMILES string of the molecule is CCOC(=O)[C@H](Cc1ccc(NC(=O)CC2Nc3cc(Cl)c(S(N)(=O)=O)cc3S(=O)(=O)N2)cc1)N[C@@H](C)C(=O)O. The van der Waals surface area contributed by atoms with Gasteiger partial charge in [0, 0.05) is 5.69 Å². The van der Waals surface area contributed by atoms with Crippen molar-refractivity contribution < 1.29 is 41.1 Å². The van der Waals surface area contributed by atoms with Gasteiger partial charge in [-0.2, -0.15) is 4.72 Å². The maximum atomic E-state index is 12.7. The largest absolute Gasteiger partial charge is 0.480 e. The third kappa shape index (κ3) is 7.89. The minimum absolute atomic E-state index is 0.000262. The van der Waals surface area contributed by atoms with E-state index in [1.54, 1.807) is 31.2 Å². The standard InChI is InChI=1S/C23H28ClN5O9S2/c1-3-38-23(33)17(26-12(2)22(31)32)8-13-4-6-14(7-5-13)27-21(30)11-20-28-16-9-15(24)18(39(25,34)35)10-19(16)40(36,37)29-20/h4-7,9-10,12,17,20,26,28-29H,3,8,11H2,1-2H3,(H,27,30)(H,31,32)(H2,25,34,35)/t12-,17-,20?/m0/s1. The van der Waals surface area contributed by atoms with Gasteiger partial charge in [0.15, 0.2) is 0 Å². The van der Waals surface area contributed by atoms with Crippen molar-refractivity contribution in [2.75, 3.05) is 17.2 Å². The fourth-order valence-corrected chi connectivity index (χ4v) is 6.33. The Hall–Kier alpha value is -3.28. The van der Waals surface area contributed by atoms with Gasteiger partial charge in [-0.1, -0.05) is 23.7 Å². The second-order valence-electron chi connectivity index (χ2n) is 8.83. The molecule has 3 atom stereocenters. The smallest absolute Gasteiger partial charge is 0.323 e. The molecule has 0 saturated heterocycles. The number of anilines is 2. The molecule has 1 unspecified atom stereocenters. The van der Waals surface area contributed by atoms with Crippen LogP contribution in [-0.2, 0) is 45.6 Å². The van der Waals surface area contributed by atoms with Crippen LogP contribution in [0.1, 0.15) is 25.8 Å². The topological polar surface area (TPSA) is 223 Å². The van der Waals surface area contributed by atoms with Crippen molar-refractivity contribution in [2.24, 2.45) is 5.14 Å². The minimum Gasteiger partial charge on any atom is -0.480 e. The van der Waals surface area contributed by atoms with E-state index < -0.39 is 61.0 Å². The molecule has 17 heteroatoms. The Balaban J connectivity index is 1.66. The van der Waals surface area contributed by atoms with Gasteiger partial charge in [-0.05, 0) is 50.1 Å². The molecule has 7 N–H and O–H groups in total. The van der Waals surface area contributed by atoms with Crippen LogP contribution in [-0.4, -0.2) is 64.6 Å². The first kappa shape index (κ1) is 31.3. The molecule has 3 rings (SSSR count). The number of nitrogens with one attached hydrogen (secondary N) is 4. The van der Waals surface area contributed by atoms with Crippen LogP contribution < -0.4 is 25.8 Å². The van der Waals surface area contributed by atoms with Gasteiger partial charge in [-0.25, -0.2) is 22.0 Å². The molecule has 0 aromatic heterocycles. The highest BCUT2D eigenvalue weighted by atomic mass is 35.5. The van der Waals surface area contributed by atoms with Crippen molar-refractivity contribution in [2.45, 2.75) is 54.7 Å². The number of carbonyl (C=O) groups is 3. The Morgan fingerprint density at radius 3 is 2.42 bits per heavy atom. The number of carbonyl (C=O) groups excluding carboxylic acids is 2. The molecule has 2 aromatic rings. The summed E-state index contributed by atoms with van der Waals surface area (Å²) in [5, 5.41) is 22.1. The van der Waals surface area contributed by atoms with Crippen LogP contribution in [0.2, 0.25) is 5.02 Å². The molecule has 1 amide bonds. The maximum Gasteiger partial charge on any atom is 0.323 e. The van der Waals surface area contributed by atoms with Gasteiger partial charge in [0.1, 0.15) is 21.9 Å². The average Bonchev–Trinajstić information content (AvgIpc) is 2.83. The van der Waals surface area contributed by atoms with E-state index in [-0.39, 0.29) is 35.1 Å². The van der Waals surface area contributed by atoms with Crippen LogP contribution in [0, 0.1) is 0 Å². The second kappa shape index (κ2) is 12.5. The highest BCUT2D eigenvalue weighted by Crippen LogP contribution is 2.34. The summed E-state index contributed by atoms with van der Waals surface area (Å²) in [5.74, 6) is -2.27. The zero-order valence-electron chi connectivity index (χ0n) is 21.3. The fourth-order valence-electron chi connectivity index (χ4n) is 3.83. The lowest BCUT2D eigenvalue weighted by molar-refractivity contribution is -0.146. The van der Waals surface area contributed by atoms with Crippen molar-refractivity contribution in [3.05, 3.63) is 47.0 Å². The lowest BCUT2D eigenvalue weighted by atomic mass is 10.0. The van der Waals surface area contributed by atoms with Gasteiger partial charge >= 0.3 is 11.9 Å². The first-order valence-corrected chi connectivity index (χ1v) is 15.2. The summed E-state index contributed by atoms with van der Waals surface area (Å²) in [6.45, 7) is 3.17. The molecule has 1 aliphatic heterocycles. The number of primary sulfonamides is 1. The Bertz CT molecular complexity index is 1520. The highest BCUT2D eigenvalue weighted by Gasteiger charge is 2.33. The number of halogens is 1. The number of hydrogen-bond acceptors (Lipinski definition) is 10. The average molecular weight is 618 g/mol. The van der Waals surface area contributed by atoms with Gasteiger partial charge in [0.2, 0.25) is 26.0 Å². The molecule has 1 aliphatic rings. The van der Waals surface area contributed by atoms with E-state index in [1.807, 2.05) is 0 Å². The van der Waals surface area contributed by atoms with Crippen molar-refractivity contribution in [1.29, 1.82) is 0 Å². The number of benzene rings is 2. The number of nitrogens with two attached hydrogens (primary N) is 1. The predicted molar refractivity (Wildman–Crippen MR) is 145 cm³/mol. The molecule has 0 fully saturated rings. The monoisotopic (exact) mass is 617 g/mol. The van der Waals surface area contributed by atoms with Gasteiger partial charge in [0.05, 0.1) is 29.9 Å². The number of carboxylic acid groups (broad SMARTS) is 1. The first-order valence-electron chi connectivity index (χ1n) is 11.8. The summed E-state index contributed by atoms with van der Waals surface area (Å²) < 4.78 is 56.1. The number of ether oxygens (including phenoxy) is 1. The first-order chi connectivity index (χ1) is 18.6. The van der Waals surface area contributed by atoms with Crippen molar-refractivity contribution >= 4 is 60.9 Å². The summed E-state index contributed by atoms with van der Waals surface area (Å²) >= 11 is 5.97. The number of aliphatic carboxylic acids is 1. The van der Waals surface area contributed by atoms with Crippen LogP contribution in [0.25, 0.3) is 0 Å². The molecule has 40 heavy (non-hydrogen) atoms. The van der Waals surface area contributed by atoms with Crippen LogP contribution in [0.5, 0.6) is 0 Å². The molecular weight excluding hydrogens is 590 g/mol. The van der Waals surface area contributed by atoms with Crippen LogP contribution in [0.3, 0.4) is 0 Å². The van der Waals surface area contributed by atoms with Crippen molar-refractivity contribution in [3.63, 3.8) is 0 Å². The Kier molecular flexibility index (Phi) is 9.76. The molecule has 0 radical (unpaired) electrons. The fraction of sp³-hybridized carbons (Fsp3) is 0.348. The molecule has 2 aromatic carbocycles. The summed E-state index contributed by atoms with van der Waals surface area (Å²) in [4.78, 5) is 35.2. The van der Waals surface area contributed by atoms with Crippen LogP contribution >= 0.6 is 11.6 Å². The third-order valence-corrected chi connectivity index (χ3v) is 8.60. The quantitative estimate of drug-likeness (QED) is 0.191. The highest BCUT2D eigenvalue weighted by molar-refractivity contribution is 7.90. The lowest BCUT2D eigenvalue weighted by Gasteiger charge is -2.28. The number of esters is 1. The predicted octanol–water partition coefficient (Wildman–Crippen LogP) is 0.583. The lowest BCUT2D eigenvalue weighted by Crippen LogP contribution is -2.47. The summed E-state index contributed by atoms with van der Waals surface area (Å²) in [5.41, 5.74) is 1.05. The Labute approximate surface area is 235 Å². The minimum atomic E-state index is -4.28. The van der Waals surface area contributed by atoms with E-state index in [4.69, 9.17) is 26.6 Å². The normalized spacial score (nSPS) is 17.6. The summed E-state index contributed by atoms with van der Waals surface area (Å²) in [7, 11) is -8.48. The van der Waals surface area contributed by atoms with Crippen molar-refractivity contribution in [3.8, 4) is 0 Å². The molecule has 14 nitrogen and oxygen atoms in total. The number of carboxylic acids is 1. The third-order valence-electron chi connectivity index (χ3n) is 5.72. The summed E-state index contributed by atoms with van der Waals surface area (Å²) in [6.07, 6.45) is -1.27. The van der Waals surface area contributed by atoms with E-state index in [9.17, 15) is 31.2 Å². The number of amides is 1. The molecule has 0 spiro atoms. The Morgan fingerprint density at radius 1 is 1.20 bits per heavy atom. The van der Waals surface area contributed by atoms with Gasteiger partial charge in [-0.3, -0.25) is 19.7 Å². The zero-order chi connectivity index (χ0) is 29.8. The molecule has 0 saturated carbocycles. The number of fused-ring (bicyclic) bond motifs is 1. The van der Waals surface area contributed by atoms with Crippen molar-refractivity contribution in [1.82, 2.24) is 10.0 Å². The van der Waals surface area contributed by atoms with Gasteiger partial charge in [-0.15, -0.1) is 0 Å². The van der Waals surface area contributed by atoms with Crippen LogP contribution in [0.4, 0.5) is 11.4 Å². The molecular formula is C23H28ClN5O9S2. The van der Waals surface area contributed by atoms with E-state index in [1.165, 1.54) is 6.92 Å². The Morgan fingerprint density at radius 2 is 1.85 bits per heavy atom. The van der Waals surface area contributed by atoms with E-state index >= 15 is 0 Å². The zero-order valence-corrected chi connectivity index (χ0v) is 23.7. The van der Waals surface area contributed by atoms with Gasteiger partial charge in [0.25, 0.3) is 0 Å². The molecule has 0 aliphatic carbocycles. The maximum absolute atomic E-state index is 12.7. The summed E-state index contributed by atoms with van der Waals surface area (Å²) in [6, 6.07) is 6.46. The molecule has 218 valence electrons. The van der Waals surface area contributed by atoms with E-state index in [0.29, 0.717) is 11.3 Å². The van der Waals surface area contributed by atoms with E-state index in [2.05, 4.69) is 20.7 Å².